The molecule has 4 heteroatoms. The summed E-state index contributed by atoms with van der Waals surface area (Å²) in [5.74, 6) is 0.131. The Kier molecular flexibility index (Phi) is 3.00. The molecule has 0 aliphatic heterocycles. The van der Waals surface area contributed by atoms with Gasteiger partial charge in [0, 0.05) is 30.6 Å². The maximum Gasteiger partial charge on any atom is 0.222 e. The first kappa shape index (κ1) is 11.6. The van der Waals surface area contributed by atoms with Gasteiger partial charge in [-0.2, -0.15) is 0 Å². The Morgan fingerprint density at radius 2 is 2.22 bits per heavy atom. The number of hydrogen-bond acceptors (Lipinski definition) is 1. The van der Waals surface area contributed by atoms with Gasteiger partial charge in [0.25, 0.3) is 0 Å². The molecule has 1 aromatic heterocycles. The second-order valence-corrected chi connectivity index (χ2v) is 5.19. The number of amides is 1. The van der Waals surface area contributed by atoms with Crippen LogP contribution in [0.4, 0.5) is 0 Å². The normalized spacial score (nSPS) is 14.9. The SMILES string of the molecule is O=C(CCn1ccc2cccc(Cl)c21)NC1CC1. The molecule has 1 fully saturated rings. The smallest absolute Gasteiger partial charge is 0.222 e. The number of para-hydroxylation sites is 1. The molecule has 1 aliphatic carbocycles. The molecule has 1 N–H and O–H groups in total. The number of hydrogen-bond donors (Lipinski definition) is 1. The van der Waals surface area contributed by atoms with Gasteiger partial charge in [0.1, 0.15) is 0 Å². The van der Waals surface area contributed by atoms with Crippen molar-refractivity contribution in [2.75, 3.05) is 0 Å². The molecule has 1 aromatic carbocycles. The lowest BCUT2D eigenvalue weighted by molar-refractivity contribution is -0.121. The van der Waals surface area contributed by atoms with E-state index in [-0.39, 0.29) is 5.91 Å². The van der Waals surface area contributed by atoms with Crippen LogP contribution in [-0.2, 0) is 11.3 Å². The fraction of sp³-hybridized carbons (Fsp3) is 0.357. The topological polar surface area (TPSA) is 34.0 Å². The van der Waals surface area contributed by atoms with E-state index in [2.05, 4.69) is 5.32 Å². The number of nitrogens with zero attached hydrogens (tertiary/aromatic N) is 1. The number of carbonyl (C=O) groups excluding carboxylic acids is 1. The molecular formula is C14H15ClN2O. The first-order valence-electron chi connectivity index (χ1n) is 6.27. The highest BCUT2D eigenvalue weighted by Crippen LogP contribution is 2.24. The number of benzene rings is 1. The Hall–Kier alpha value is -1.48. The molecule has 94 valence electrons. The van der Waals surface area contributed by atoms with Gasteiger partial charge in [0.15, 0.2) is 0 Å². The van der Waals surface area contributed by atoms with E-state index in [4.69, 9.17) is 11.6 Å². The van der Waals surface area contributed by atoms with Crippen LogP contribution in [0.15, 0.2) is 30.5 Å². The zero-order valence-corrected chi connectivity index (χ0v) is 10.8. The lowest BCUT2D eigenvalue weighted by Gasteiger charge is -2.07. The summed E-state index contributed by atoms with van der Waals surface area (Å²) >= 11 is 6.19. The number of halogens is 1. The number of aromatic nitrogens is 1. The maximum absolute atomic E-state index is 11.7. The van der Waals surface area contributed by atoms with Crippen LogP contribution in [0.2, 0.25) is 5.02 Å². The van der Waals surface area contributed by atoms with Crippen molar-refractivity contribution in [2.24, 2.45) is 0 Å². The largest absolute Gasteiger partial charge is 0.353 e. The molecule has 3 nitrogen and oxygen atoms in total. The quantitative estimate of drug-likeness (QED) is 0.903. The summed E-state index contributed by atoms with van der Waals surface area (Å²) in [4.78, 5) is 11.7. The minimum atomic E-state index is 0.131. The molecule has 0 unspecified atom stereocenters. The van der Waals surface area contributed by atoms with E-state index in [1.54, 1.807) is 0 Å². The fourth-order valence-corrected chi connectivity index (χ4v) is 2.44. The maximum atomic E-state index is 11.7. The second kappa shape index (κ2) is 4.65. The van der Waals surface area contributed by atoms with Gasteiger partial charge in [-0.05, 0) is 25.0 Å². The summed E-state index contributed by atoms with van der Waals surface area (Å²) in [7, 11) is 0. The van der Waals surface area contributed by atoms with E-state index in [9.17, 15) is 4.79 Å². The van der Waals surface area contributed by atoms with E-state index in [1.807, 2.05) is 35.0 Å². The van der Waals surface area contributed by atoms with Gasteiger partial charge in [-0.25, -0.2) is 0 Å². The average Bonchev–Trinajstić information content (AvgIpc) is 3.05. The first-order chi connectivity index (χ1) is 8.74. The van der Waals surface area contributed by atoms with E-state index in [0.717, 1.165) is 28.8 Å². The van der Waals surface area contributed by atoms with Gasteiger partial charge in [0.2, 0.25) is 5.91 Å². The van der Waals surface area contributed by atoms with Gasteiger partial charge in [-0.1, -0.05) is 23.7 Å². The molecule has 0 saturated heterocycles. The number of fused-ring (bicyclic) bond motifs is 1. The van der Waals surface area contributed by atoms with Crippen molar-refractivity contribution in [3.8, 4) is 0 Å². The zero-order valence-electron chi connectivity index (χ0n) is 10.0. The molecular weight excluding hydrogens is 248 g/mol. The molecule has 1 saturated carbocycles. The van der Waals surface area contributed by atoms with Crippen molar-refractivity contribution in [2.45, 2.75) is 31.8 Å². The third-order valence-electron chi connectivity index (χ3n) is 3.26. The highest BCUT2D eigenvalue weighted by atomic mass is 35.5. The number of carbonyl (C=O) groups is 1. The molecule has 0 bridgehead atoms. The van der Waals surface area contributed by atoms with Crippen molar-refractivity contribution in [1.29, 1.82) is 0 Å². The summed E-state index contributed by atoms with van der Waals surface area (Å²) in [5.41, 5.74) is 1.01. The van der Waals surface area contributed by atoms with Crippen LogP contribution in [0, 0.1) is 0 Å². The molecule has 1 aliphatic rings. The van der Waals surface area contributed by atoms with Gasteiger partial charge >= 0.3 is 0 Å². The van der Waals surface area contributed by atoms with Crippen LogP contribution in [0.3, 0.4) is 0 Å². The Bertz CT molecular complexity index is 586. The average molecular weight is 263 g/mol. The molecule has 0 spiro atoms. The monoisotopic (exact) mass is 262 g/mol. The fourth-order valence-electron chi connectivity index (χ4n) is 2.15. The highest BCUT2D eigenvalue weighted by molar-refractivity contribution is 6.35. The van der Waals surface area contributed by atoms with Crippen LogP contribution in [0.25, 0.3) is 10.9 Å². The molecule has 1 amide bonds. The van der Waals surface area contributed by atoms with Crippen molar-refractivity contribution in [3.05, 3.63) is 35.5 Å². The van der Waals surface area contributed by atoms with E-state index in [1.165, 1.54) is 0 Å². The minimum Gasteiger partial charge on any atom is -0.353 e. The summed E-state index contributed by atoms with van der Waals surface area (Å²) in [5, 5.41) is 4.85. The molecule has 0 radical (unpaired) electrons. The summed E-state index contributed by atoms with van der Waals surface area (Å²) < 4.78 is 2.05. The van der Waals surface area contributed by atoms with Gasteiger partial charge in [0.05, 0.1) is 10.5 Å². The number of aryl methyl sites for hydroxylation is 1. The third kappa shape index (κ3) is 2.36. The lowest BCUT2D eigenvalue weighted by atomic mass is 10.2. The van der Waals surface area contributed by atoms with Crippen LogP contribution in [-0.4, -0.2) is 16.5 Å². The predicted molar refractivity (Wildman–Crippen MR) is 72.7 cm³/mol. The Morgan fingerprint density at radius 1 is 1.39 bits per heavy atom. The van der Waals surface area contributed by atoms with Gasteiger partial charge < -0.3 is 9.88 Å². The van der Waals surface area contributed by atoms with Crippen molar-refractivity contribution >= 4 is 28.4 Å². The zero-order chi connectivity index (χ0) is 12.5. The molecule has 0 atom stereocenters. The Balaban J connectivity index is 1.72. The highest BCUT2D eigenvalue weighted by Gasteiger charge is 2.22. The van der Waals surface area contributed by atoms with Crippen LogP contribution >= 0.6 is 11.6 Å². The van der Waals surface area contributed by atoms with Crippen molar-refractivity contribution in [1.82, 2.24) is 9.88 Å². The minimum absolute atomic E-state index is 0.131. The first-order valence-corrected chi connectivity index (χ1v) is 6.64. The third-order valence-corrected chi connectivity index (χ3v) is 3.57. The molecule has 2 aromatic rings. The van der Waals surface area contributed by atoms with E-state index >= 15 is 0 Å². The van der Waals surface area contributed by atoms with Crippen molar-refractivity contribution in [3.63, 3.8) is 0 Å². The van der Waals surface area contributed by atoms with Crippen LogP contribution < -0.4 is 5.32 Å². The predicted octanol–water partition coefficient (Wildman–Crippen LogP) is 2.96. The van der Waals surface area contributed by atoms with E-state index in [0.29, 0.717) is 19.0 Å². The van der Waals surface area contributed by atoms with Crippen LogP contribution in [0.1, 0.15) is 19.3 Å². The number of rotatable bonds is 4. The van der Waals surface area contributed by atoms with E-state index < -0.39 is 0 Å². The lowest BCUT2D eigenvalue weighted by Crippen LogP contribution is -2.26. The second-order valence-electron chi connectivity index (χ2n) is 4.78. The standard InChI is InChI=1S/C14H15ClN2O/c15-12-3-1-2-10-6-8-17(14(10)12)9-7-13(18)16-11-4-5-11/h1-3,6,8,11H,4-5,7,9H2,(H,16,18). The summed E-state index contributed by atoms with van der Waals surface area (Å²) in [6, 6.07) is 8.31. The van der Waals surface area contributed by atoms with Crippen molar-refractivity contribution < 1.29 is 4.79 Å². The Morgan fingerprint density at radius 3 is 3.00 bits per heavy atom. The van der Waals surface area contributed by atoms with Crippen LogP contribution in [0.5, 0.6) is 0 Å². The summed E-state index contributed by atoms with van der Waals surface area (Å²) in [6.45, 7) is 0.672. The number of nitrogens with one attached hydrogen (secondary N) is 1. The van der Waals surface area contributed by atoms with Gasteiger partial charge in [-0.15, -0.1) is 0 Å². The van der Waals surface area contributed by atoms with Gasteiger partial charge in [-0.3, -0.25) is 4.79 Å². The molecule has 1 heterocycles. The molecule has 3 rings (SSSR count). The summed E-state index contributed by atoms with van der Waals surface area (Å²) in [6.07, 6.45) is 4.75. The molecule has 18 heavy (non-hydrogen) atoms. The Labute approximate surface area is 111 Å².